The van der Waals surface area contributed by atoms with E-state index in [1.807, 2.05) is 0 Å². The molecule has 0 bridgehead atoms. The van der Waals surface area contributed by atoms with Gasteiger partial charge in [0.2, 0.25) is 0 Å². The highest BCUT2D eigenvalue weighted by molar-refractivity contribution is 8.00. The lowest BCUT2D eigenvalue weighted by molar-refractivity contribution is 0.500. The van der Waals surface area contributed by atoms with Crippen LogP contribution < -0.4 is 0 Å². The van der Waals surface area contributed by atoms with Crippen molar-refractivity contribution in [1.29, 1.82) is 0 Å². The van der Waals surface area contributed by atoms with Crippen molar-refractivity contribution in [3.05, 3.63) is 0 Å². The van der Waals surface area contributed by atoms with E-state index in [2.05, 4.69) is 53.3 Å². The zero-order valence-electron chi connectivity index (χ0n) is 9.48. The summed E-state index contributed by atoms with van der Waals surface area (Å²) in [6.07, 6.45) is 1.31. The fourth-order valence-electron chi connectivity index (χ4n) is 0.642. The first-order chi connectivity index (χ1) is 5.40. The molecule has 0 spiro atoms. The Morgan fingerprint density at radius 2 is 1.67 bits per heavy atom. The first-order valence-electron chi connectivity index (χ1n) is 5.04. The van der Waals surface area contributed by atoms with Gasteiger partial charge in [0.25, 0.3) is 0 Å². The number of thioether (sulfide) groups is 1. The predicted molar refractivity (Wildman–Crippen MR) is 60.8 cm³/mol. The summed E-state index contributed by atoms with van der Waals surface area (Å²) >= 11 is 2.12. The molecular formula is C11H24S. The second-order valence-electron chi connectivity index (χ2n) is 4.58. The topological polar surface area (TPSA) is 0 Å². The molecule has 0 rings (SSSR count). The minimum atomic E-state index is 0.448. The van der Waals surface area contributed by atoms with E-state index < -0.39 is 0 Å². The average molecular weight is 188 g/mol. The van der Waals surface area contributed by atoms with E-state index in [0.29, 0.717) is 4.75 Å². The molecule has 1 heteroatoms. The van der Waals surface area contributed by atoms with Crippen LogP contribution in [0, 0.1) is 11.8 Å². The van der Waals surface area contributed by atoms with Crippen LogP contribution in [0.15, 0.2) is 0 Å². The molecule has 0 nitrogen and oxygen atoms in total. The fraction of sp³-hybridized carbons (Fsp3) is 1.00. The summed E-state index contributed by atoms with van der Waals surface area (Å²) < 4.78 is 0.448. The molecular weight excluding hydrogens is 164 g/mol. The van der Waals surface area contributed by atoms with Crippen LogP contribution >= 0.6 is 11.8 Å². The van der Waals surface area contributed by atoms with Crippen LogP contribution in [0.25, 0.3) is 0 Å². The van der Waals surface area contributed by atoms with Gasteiger partial charge in [-0.05, 0) is 17.6 Å². The van der Waals surface area contributed by atoms with E-state index in [1.54, 1.807) is 0 Å². The summed E-state index contributed by atoms with van der Waals surface area (Å²) in [4.78, 5) is 0. The molecule has 0 saturated heterocycles. The Hall–Kier alpha value is 0.350. The summed E-state index contributed by atoms with van der Waals surface area (Å²) in [5.41, 5.74) is 0. The molecule has 0 radical (unpaired) electrons. The highest BCUT2D eigenvalue weighted by Crippen LogP contribution is 2.33. The molecule has 1 unspecified atom stereocenters. The molecule has 0 aliphatic rings. The van der Waals surface area contributed by atoms with Gasteiger partial charge in [0.05, 0.1) is 0 Å². The maximum Gasteiger partial charge on any atom is 0.0126 e. The van der Waals surface area contributed by atoms with Crippen LogP contribution in [0.3, 0.4) is 0 Å². The van der Waals surface area contributed by atoms with Crippen LogP contribution in [-0.4, -0.2) is 10.5 Å². The molecule has 0 aromatic rings. The van der Waals surface area contributed by atoms with Gasteiger partial charge in [-0.1, -0.05) is 48.0 Å². The molecule has 0 fully saturated rings. The van der Waals surface area contributed by atoms with Gasteiger partial charge in [0.1, 0.15) is 0 Å². The lowest BCUT2D eigenvalue weighted by Crippen LogP contribution is -2.24. The standard InChI is InChI=1S/C11H24S/c1-7-10(4)8-12-11(5,6)9(2)3/h9-10H,7-8H2,1-6H3. The van der Waals surface area contributed by atoms with Crippen molar-refractivity contribution < 1.29 is 0 Å². The normalized spacial score (nSPS) is 15.2. The highest BCUT2D eigenvalue weighted by atomic mass is 32.2. The Bertz CT molecular complexity index is 116. The highest BCUT2D eigenvalue weighted by Gasteiger charge is 2.22. The van der Waals surface area contributed by atoms with Gasteiger partial charge in [-0.25, -0.2) is 0 Å². The van der Waals surface area contributed by atoms with Crippen molar-refractivity contribution in [2.75, 3.05) is 5.75 Å². The van der Waals surface area contributed by atoms with Crippen LogP contribution in [0.4, 0.5) is 0 Å². The van der Waals surface area contributed by atoms with Crippen molar-refractivity contribution >= 4 is 11.8 Å². The lowest BCUT2D eigenvalue weighted by Gasteiger charge is -2.29. The number of hydrogen-bond donors (Lipinski definition) is 0. The first kappa shape index (κ1) is 12.3. The maximum absolute atomic E-state index is 2.35. The summed E-state index contributed by atoms with van der Waals surface area (Å²) in [5.74, 6) is 2.95. The summed E-state index contributed by atoms with van der Waals surface area (Å²) in [5, 5.41) is 0. The molecule has 0 aliphatic carbocycles. The van der Waals surface area contributed by atoms with Crippen molar-refractivity contribution in [1.82, 2.24) is 0 Å². The van der Waals surface area contributed by atoms with Gasteiger partial charge in [-0.2, -0.15) is 11.8 Å². The average Bonchev–Trinajstić information content (AvgIpc) is 2.00. The zero-order chi connectivity index (χ0) is 9.78. The molecule has 1 atom stereocenters. The molecule has 12 heavy (non-hydrogen) atoms. The minimum absolute atomic E-state index is 0.448. The second kappa shape index (κ2) is 5.16. The van der Waals surface area contributed by atoms with E-state index in [9.17, 15) is 0 Å². The molecule has 0 aliphatic heterocycles. The molecule has 0 amide bonds. The third-order valence-corrected chi connectivity index (χ3v) is 4.78. The monoisotopic (exact) mass is 188 g/mol. The third-order valence-electron chi connectivity index (χ3n) is 2.83. The van der Waals surface area contributed by atoms with Crippen LogP contribution in [0.2, 0.25) is 0 Å². The minimum Gasteiger partial charge on any atom is -0.155 e. The zero-order valence-corrected chi connectivity index (χ0v) is 10.3. The molecule has 0 aromatic heterocycles. The predicted octanol–water partition coefficient (Wildman–Crippen LogP) is 4.20. The van der Waals surface area contributed by atoms with Crippen LogP contribution in [0.5, 0.6) is 0 Å². The lowest BCUT2D eigenvalue weighted by atomic mass is 10.00. The SMILES string of the molecule is CCC(C)CSC(C)(C)C(C)C. The van der Waals surface area contributed by atoms with Crippen LogP contribution in [0.1, 0.15) is 48.0 Å². The summed E-state index contributed by atoms with van der Waals surface area (Å²) in [7, 11) is 0. The maximum atomic E-state index is 2.35. The van der Waals surface area contributed by atoms with Crippen LogP contribution in [-0.2, 0) is 0 Å². The summed E-state index contributed by atoms with van der Waals surface area (Å²) in [6.45, 7) is 13.9. The Labute approximate surface area is 82.5 Å². The largest absolute Gasteiger partial charge is 0.155 e. The van der Waals surface area contributed by atoms with E-state index in [-0.39, 0.29) is 0 Å². The van der Waals surface area contributed by atoms with E-state index in [0.717, 1.165) is 11.8 Å². The molecule has 0 heterocycles. The quantitative estimate of drug-likeness (QED) is 0.623. The van der Waals surface area contributed by atoms with E-state index >= 15 is 0 Å². The van der Waals surface area contributed by atoms with Crippen molar-refractivity contribution in [2.45, 2.75) is 52.7 Å². The summed E-state index contributed by atoms with van der Waals surface area (Å²) in [6, 6.07) is 0. The Morgan fingerprint density at radius 1 is 1.17 bits per heavy atom. The molecule has 0 aromatic carbocycles. The van der Waals surface area contributed by atoms with E-state index in [4.69, 9.17) is 0 Å². The second-order valence-corrected chi connectivity index (χ2v) is 6.26. The van der Waals surface area contributed by atoms with Gasteiger partial charge in [0, 0.05) is 4.75 Å². The Kier molecular flexibility index (Phi) is 5.31. The molecule has 0 saturated carbocycles. The van der Waals surface area contributed by atoms with Crippen molar-refractivity contribution in [2.24, 2.45) is 11.8 Å². The van der Waals surface area contributed by atoms with Gasteiger partial charge in [-0.15, -0.1) is 0 Å². The Morgan fingerprint density at radius 3 is 2.00 bits per heavy atom. The smallest absolute Gasteiger partial charge is 0.0126 e. The number of hydrogen-bond acceptors (Lipinski definition) is 1. The fourth-order valence-corrected chi connectivity index (χ4v) is 1.92. The van der Waals surface area contributed by atoms with Gasteiger partial charge in [0.15, 0.2) is 0 Å². The van der Waals surface area contributed by atoms with Gasteiger partial charge in [-0.3, -0.25) is 0 Å². The molecule has 74 valence electrons. The molecule has 0 N–H and O–H groups in total. The van der Waals surface area contributed by atoms with Gasteiger partial charge < -0.3 is 0 Å². The van der Waals surface area contributed by atoms with Crippen molar-refractivity contribution in [3.63, 3.8) is 0 Å². The third kappa shape index (κ3) is 4.39. The van der Waals surface area contributed by atoms with Gasteiger partial charge >= 0.3 is 0 Å². The van der Waals surface area contributed by atoms with Crippen molar-refractivity contribution in [3.8, 4) is 0 Å². The number of rotatable bonds is 5. The first-order valence-corrected chi connectivity index (χ1v) is 6.02. The van der Waals surface area contributed by atoms with E-state index in [1.165, 1.54) is 12.2 Å². The Balaban J connectivity index is 3.75.